The van der Waals surface area contributed by atoms with E-state index in [1.54, 1.807) is 18.2 Å². The second-order valence-electron chi connectivity index (χ2n) is 4.89. The van der Waals surface area contributed by atoms with E-state index >= 15 is 0 Å². The first-order valence-corrected chi connectivity index (χ1v) is 6.56. The number of rotatable bonds is 6. The normalized spacial score (nSPS) is 14.9. The predicted octanol–water partition coefficient (Wildman–Crippen LogP) is 0.853. The molecule has 0 aromatic heterocycles. The van der Waals surface area contributed by atoms with Crippen molar-refractivity contribution in [2.75, 3.05) is 20.3 Å². The number of hydrogen-bond acceptors (Lipinski definition) is 5. The van der Waals surface area contributed by atoms with Crippen LogP contribution in [0.15, 0.2) is 24.3 Å². The Morgan fingerprint density at radius 3 is 2.76 bits per heavy atom. The molecule has 0 atom stereocenters. The number of amides is 1. The van der Waals surface area contributed by atoms with Gasteiger partial charge >= 0.3 is 5.97 Å². The summed E-state index contributed by atoms with van der Waals surface area (Å²) in [6.07, 6.45) is 1.65. The Bertz CT molecular complexity index is 588. The Kier molecular flexibility index (Phi) is 4.55. The van der Waals surface area contributed by atoms with Crippen LogP contribution in [0.5, 0.6) is 0 Å². The maximum Gasteiger partial charge on any atom is 0.331 e. The van der Waals surface area contributed by atoms with Crippen LogP contribution >= 0.6 is 0 Å². The van der Waals surface area contributed by atoms with Crippen LogP contribution in [0.25, 0.3) is 0 Å². The molecule has 6 nitrogen and oxygen atoms in total. The van der Waals surface area contributed by atoms with Crippen molar-refractivity contribution in [3.8, 4) is 6.07 Å². The summed E-state index contributed by atoms with van der Waals surface area (Å²) in [5.74, 6) is -0.815. The van der Waals surface area contributed by atoms with Crippen LogP contribution in [-0.2, 0) is 24.6 Å². The third kappa shape index (κ3) is 3.80. The standard InChI is InChI=1S/C15H16N2O4/c1-20-14(19)10-21-9-13(18)17-15(5-6-15)12-4-2-3-11(7-12)8-16/h2-4,7H,5-6,9-10H2,1H3,(H,17,18). The van der Waals surface area contributed by atoms with Crippen LogP contribution < -0.4 is 5.32 Å². The van der Waals surface area contributed by atoms with Gasteiger partial charge in [0, 0.05) is 0 Å². The zero-order chi connectivity index (χ0) is 15.3. The van der Waals surface area contributed by atoms with E-state index in [2.05, 4.69) is 16.1 Å². The van der Waals surface area contributed by atoms with E-state index < -0.39 is 11.5 Å². The minimum Gasteiger partial charge on any atom is -0.467 e. The number of benzene rings is 1. The number of methoxy groups -OCH3 is 1. The fourth-order valence-corrected chi connectivity index (χ4v) is 2.09. The first-order chi connectivity index (χ1) is 10.1. The Balaban J connectivity index is 1.91. The molecule has 110 valence electrons. The van der Waals surface area contributed by atoms with E-state index in [9.17, 15) is 9.59 Å². The van der Waals surface area contributed by atoms with Gasteiger partial charge < -0.3 is 14.8 Å². The van der Waals surface area contributed by atoms with Gasteiger partial charge in [-0.3, -0.25) is 4.79 Å². The topological polar surface area (TPSA) is 88.4 Å². The predicted molar refractivity (Wildman–Crippen MR) is 73.0 cm³/mol. The first kappa shape index (κ1) is 15.0. The van der Waals surface area contributed by atoms with E-state index in [-0.39, 0.29) is 19.1 Å². The minimum atomic E-state index is -0.523. The Morgan fingerprint density at radius 2 is 2.14 bits per heavy atom. The number of nitrogens with zero attached hydrogens (tertiary/aromatic N) is 1. The molecular weight excluding hydrogens is 272 g/mol. The number of carbonyl (C=O) groups excluding carboxylic acids is 2. The molecule has 6 heteroatoms. The van der Waals surface area contributed by atoms with Crippen molar-refractivity contribution in [1.29, 1.82) is 5.26 Å². The molecule has 1 N–H and O–H groups in total. The largest absolute Gasteiger partial charge is 0.467 e. The van der Waals surface area contributed by atoms with Gasteiger partial charge in [0.2, 0.25) is 5.91 Å². The van der Waals surface area contributed by atoms with Crippen LogP contribution in [0.2, 0.25) is 0 Å². The van der Waals surface area contributed by atoms with Crippen molar-refractivity contribution in [3.05, 3.63) is 35.4 Å². The molecule has 1 aromatic rings. The Hall–Kier alpha value is -2.39. The van der Waals surface area contributed by atoms with Crippen LogP contribution in [-0.4, -0.2) is 32.2 Å². The van der Waals surface area contributed by atoms with Gasteiger partial charge in [-0.2, -0.15) is 5.26 Å². The summed E-state index contributed by atoms with van der Waals surface area (Å²) in [6, 6.07) is 9.28. The number of ether oxygens (including phenoxy) is 2. The molecular formula is C15H16N2O4. The number of nitrogens with one attached hydrogen (secondary N) is 1. The molecule has 1 saturated carbocycles. The SMILES string of the molecule is COC(=O)COCC(=O)NC1(c2cccc(C#N)c2)CC1. The van der Waals surface area contributed by atoms with Crippen LogP contribution in [0, 0.1) is 11.3 Å². The van der Waals surface area contributed by atoms with Crippen molar-refractivity contribution in [1.82, 2.24) is 5.32 Å². The second kappa shape index (κ2) is 6.37. The third-order valence-corrected chi connectivity index (χ3v) is 3.35. The zero-order valence-electron chi connectivity index (χ0n) is 11.7. The lowest BCUT2D eigenvalue weighted by Crippen LogP contribution is -2.37. The van der Waals surface area contributed by atoms with Gasteiger partial charge in [-0.1, -0.05) is 12.1 Å². The molecule has 1 aromatic carbocycles. The summed E-state index contributed by atoms with van der Waals surface area (Å²) >= 11 is 0. The van der Waals surface area contributed by atoms with Crippen molar-refractivity contribution < 1.29 is 19.1 Å². The molecule has 0 aliphatic heterocycles. The monoisotopic (exact) mass is 288 g/mol. The highest BCUT2D eigenvalue weighted by Crippen LogP contribution is 2.45. The molecule has 0 spiro atoms. The van der Waals surface area contributed by atoms with Gasteiger partial charge in [0.05, 0.1) is 24.3 Å². The Morgan fingerprint density at radius 1 is 1.38 bits per heavy atom. The van der Waals surface area contributed by atoms with Gasteiger partial charge in [-0.15, -0.1) is 0 Å². The summed E-state index contributed by atoms with van der Waals surface area (Å²) < 4.78 is 9.38. The molecule has 2 rings (SSSR count). The Labute approximate surface area is 122 Å². The average Bonchev–Trinajstić information content (AvgIpc) is 3.27. The summed E-state index contributed by atoms with van der Waals surface area (Å²) in [6.45, 7) is -0.449. The van der Waals surface area contributed by atoms with E-state index in [4.69, 9.17) is 10.00 Å². The fourth-order valence-electron chi connectivity index (χ4n) is 2.09. The number of carbonyl (C=O) groups is 2. The van der Waals surface area contributed by atoms with Gasteiger partial charge in [-0.05, 0) is 30.5 Å². The molecule has 0 unspecified atom stereocenters. The third-order valence-electron chi connectivity index (χ3n) is 3.35. The van der Waals surface area contributed by atoms with Crippen molar-refractivity contribution >= 4 is 11.9 Å². The molecule has 0 bridgehead atoms. The summed E-state index contributed by atoms with van der Waals surface area (Å²) in [7, 11) is 1.26. The first-order valence-electron chi connectivity index (χ1n) is 6.56. The lowest BCUT2D eigenvalue weighted by atomic mass is 10.0. The zero-order valence-corrected chi connectivity index (χ0v) is 11.7. The van der Waals surface area contributed by atoms with Gasteiger partial charge in [0.1, 0.15) is 13.2 Å². The average molecular weight is 288 g/mol. The molecule has 21 heavy (non-hydrogen) atoms. The van der Waals surface area contributed by atoms with E-state index in [1.807, 2.05) is 6.07 Å². The summed E-state index contributed by atoms with van der Waals surface area (Å²) in [5.41, 5.74) is 1.08. The summed E-state index contributed by atoms with van der Waals surface area (Å²) in [5, 5.41) is 11.8. The molecule has 1 amide bonds. The van der Waals surface area contributed by atoms with E-state index in [0.29, 0.717) is 5.56 Å². The van der Waals surface area contributed by atoms with Crippen LogP contribution in [0.4, 0.5) is 0 Å². The molecule has 0 saturated heterocycles. The minimum absolute atomic E-state index is 0.200. The van der Waals surface area contributed by atoms with Crippen LogP contribution in [0.1, 0.15) is 24.0 Å². The number of hydrogen-bond donors (Lipinski definition) is 1. The second-order valence-corrected chi connectivity index (χ2v) is 4.89. The lowest BCUT2D eigenvalue weighted by Gasteiger charge is -2.18. The van der Waals surface area contributed by atoms with Gasteiger partial charge in [-0.25, -0.2) is 4.79 Å². The number of nitriles is 1. The number of esters is 1. The molecule has 1 aliphatic rings. The summed E-state index contributed by atoms with van der Waals surface area (Å²) in [4.78, 5) is 22.7. The van der Waals surface area contributed by atoms with Crippen LogP contribution in [0.3, 0.4) is 0 Å². The highest BCUT2D eigenvalue weighted by molar-refractivity contribution is 5.79. The van der Waals surface area contributed by atoms with Crippen molar-refractivity contribution in [2.24, 2.45) is 0 Å². The highest BCUT2D eigenvalue weighted by atomic mass is 16.6. The van der Waals surface area contributed by atoms with Gasteiger partial charge in [0.25, 0.3) is 0 Å². The maximum absolute atomic E-state index is 11.8. The highest BCUT2D eigenvalue weighted by Gasteiger charge is 2.45. The quantitative estimate of drug-likeness (QED) is 0.784. The maximum atomic E-state index is 11.8. The molecule has 1 aliphatic carbocycles. The lowest BCUT2D eigenvalue weighted by molar-refractivity contribution is -0.147. The van der Waals surface area contributed by atoms with Gasteiger partial charge in [0.15, 0.2) is 0 Å². The molecule has 0 heterocycles. The smallest absolute Gasteiger partial charge is 0.331 e. The fraction of sp³-hybridized carbons (Fsp3) is 0.400. The molecule has 0 radical (unpaired) electrons. The van der Waals surface area contributed by atoms with E-state index in [1.165, 1.54) is 7.11 Å². The molecule has 1 fully saturated rings. The van der Waals surface area contributed by atoms with Crippen molar-refractivity contribution in [2.45, 2.75) is 18.4 Å². The van der Waals surface area contributed by atoms with Crippen molar-refractivity contribution in [3.63, 3.8) is 0 Å². The van der Waals surface area contributed by atoms with E-state index in [0.717, 1.165) is 18.4 Å².